The van der Waals surface area contributed by atoms with Crippen molar-refractivity contribution in [1.29, 1.82) is 5.26 Å². The van der Waals surface area contributed by atoms with Crippen molar-refractivity contribution in [3.63, 3.8) is 0 Å². The molecule has 1 unspecified atom stereocenters. The Morgan fingerprint density at radius 2 is 1.90 bits per heavy atom. The van der Waals surface area contributed by atoms with Crippen molar-refractivity contribution in [1.82, 2.24) is 9.88 Å². The Kier molecular flexibility index (Phi) is 7.68. The van der Waals surface area contributed by atoms with Crippen molar-refractivity contribution >= 4 is 17.5 Å². The second kappa shape index (κ2) is 10.9. The summed E-state index contributed by atoms with van der Waals surface area (Å²) in [6.07, 6.45) is 3.67. The van der Waals surface area contributed by atoms with E-state index in [1.54, 1.807) is 42.5 Å². The third-order valence-electron chi connectivity index (χ3n) is 8.50. The van der Waals surface area contributed by atoms with Gasteiger partial charge in [-0.05, 0) is 80.0 Å². The Hall–Kier alpha value is -3.35. The molecule has 1 aliphatic carbocycles. The predicted molar refractivity (Wildman–Crippen MR) is 147 cm³/mol. The molecule has 0 saturated heterocycles. The molecule has 1 saturated carbocycles. The van der Waals surface area contributed by atoms with Crippen LogP contribution >= 0.6 is 11.6 Å². The molecule has 2 heterocycles. The fourth-order valence-corrected chi connectivity index (χ4v) is 6.44. The average molecular weight is 564 g/mol. The van der Waals surface area contributed by atoms with E-state index in [1.807, 2.05) is 13.0 Å². The maximum Gasteiger partial charge on any atom is 0.257 e. The molecule has 1 amide bonds. The molecule has 1 aliphatic heterocycles. The first kappa shape index (κ1) is 28.2. The molecule has 2 atom stereocenters. The Bertz CT molecular complexity index is 1450. The van der Waals surface area contributed by atoms with Crippen LogP contribution in [-0.2, 0) is 22.6 Å². The van der Waals surface area contributed by atoms with Crippen LogP contribution in [0.1, 0.15) is 77.3 Å². The van der Waals surface area contributed by atoms with Gasteiger partial charge in [0.05, 0.1) is 40.6 Å². The molecule has 0 spiro atoms. The fraction of sp³-hybridized carbons (Fsp3) is 0.387. The van der Waals surface area contributed by atoms with Gasteiger partial charge in [0.15, 0.2) is 5.72 Å². The van der Waals surface area contributed by atoms with Gasteiger partial charge >= 0.3 is 0 Å². The summed E-state index contributed by atoms with van der Waals surface area (Å²) in [7, 11) is 1.42. The maximum atomic E-state index is 16.4. The second-order valence-electron chi connectivity index (χ2n) is 10.6. The van der Waals surface area contributed by atoms with Crippen molar-refractivity contribution in [2.45, 2.75) is 63.0 Å². The molecule has 2 N–H and O–H groups in total. The summed E-state index contributed by atoms with van der Waals surface area (Å²) in [5, 5.41) is 31.5. The quantitative estimate of drug-likeness (QED) is 0.399. The number of halogens is 2. The molecule has 1 aromatic heterocycles. The van der Waals surface area contributed by atoms with E-state index in [0.29, 0.717) is 59.5 Å². The summed E-state index contributed by atoms with van der Waals surface area (Å²) in [6, 6.07) is 14.9. The Balaban J connectivity index is 1.66. The van der Waals surface area contributed by atoms with Gasteiger partial charge in [-0.25, -0.2) is 4.39 Å². The van der Waals surface area contributed by atoms with Crippen LogP contribution in [0.4, 0.5) is 4.39 Å². The molecule has 1 fully saturated rings. The number of aliphatic hydroxyl groups is 2. The number of fused-ring (bicyclic) bond motifs is 1. The highest BCUT2D eigenvalue weighted by Gasteiger charge is 2.54. The number of methoxy groups -OCH3 is 1. The lowest BCUT2D eigenvalue weighted by Gasteiger charge is -2.40. The number of aliphatic hydroxyl groups excluding tert-OH is 1. The van der Waals surface area contributed by atoms with Gasteiger partial charge in [-0.2, -0.15) is 5.26 Å². The van der Waals surface area contributed by atoms with Gasteiger partial charge in [-0.3, -0.25) is 14.7 Å². The second-order valence-corrected chi connectivity index (χ2v) is 11.0. The summed E-state index contributed by atoms with van der Waals surface area (Å²) in [6.45, 7) is 1.82. The highest BCUT2D eigenvalue weighted by Crippen LogP contribution is 2.50. The number of hydrogen-bond donors (Lipinski definition) is 2. The third kappa shape index (κ3) is 4.57. The smallest absolute Gasteiger partial charge is 0.257 e. The highest BCUT2D eigenvalue weighted by atomic mass is 35.5. The molecular formula is C31H31ClFN3O4. The largest absolute Gasteiger partial charge is 0.393 e. The minimum absolute atomic E-state index is 0.0248. The van der Waals surface area contributed by atoms with Crippen LogP contribution in [-0.4, -0.2) is 39.2 Å². The first-order valence-electron chi connectivity index (χ1n) is 13.4. The van der Waals surface area contributed by atoms with E-state index in [2.05, 4.69) is 4.98 Å². The summed E-state index contributed by atoms with van der Waals surface area (Å²) >= 11 is 6.16. The van der Waals surface area contributed by atoms with E-state index in [-0.39, 0.29) is 23.6 Å². The third-order valence-corrected chi connectivity index (χ3v) is 8.75. The minimum atomic E-state index is -1.63. The van der Waals surface area contributed by atoms with Gasteiger partial charge < -0.3 is 14.9 Å². The number of nitriles is 1. The summed E-state index contributed by atoms with van der Waals surface area (Å²) in [4.78, 5) is 19.9. The Labute approximate surface area is 237 Å². The highest BCUT2D eigenvalue weighted by molar-refractivity contribution is 6.30. The molecule has 0 bridgehead atoms. The summed E-state index contributed by atoms with van der Waals surface area (Å²) < 4.78 is 22.5. The molecule has 9 heteroatoms. The lowest BCUT2D eigenvalue weighted by Crippen LogP contribution is -2.46. The Morgan fingerprint density at radius 3 is 2.48 bits per heavy atom. The van der Waals surface area contributed by atoms with Crippen molar-refractivity contribution in [3.8, 4) is 6.07 Å². The minimum Gasteiger partial charge on any atom is -0.393 e. The number of hydrogen-bond acceptors (Lipinski definition) is 6. The van der Waals surface area contributed by atoms with E-state index in [0.717, 1.165) is 0 Å². The van der Waals surface area contributed by atoms with Crippen LogP contribution in [0.3, 0.4) is 0 Å². The lowest BCUT2D eigenvalue weighted by atomic mass is 9.71. The number of benzene rings is 2. The molecule has 0 radical (unpaired) electrons. The van der Waals surface area contributed by atoms with E-state index in [9.17, 15) is 15.0 Å². The average Bonchev–Trinajstić information content (AvgIpc) is 3.22. The predicted octanol–water partition coefficient (Wildman–Crippen LogP) is 5.40. The topological polar surface area (TPSA) is 107 Å². The number of ether oxygens (including phenoxy) is 1. The fourth-order valence-electron chi connectivity index (χ4n) is 6.31. The SMILES string of the molecule is CCC(O)(c1cc(F)c2c(c1)C(=O)N(Cc1ccc(C#N)cn1)[C@@]2(OC)c1ccc(Cl)cc1)[C@H]1CC[C@H](O)CC1. The van der Waals surface area contributed by atoms with E-state index < -0.39 is 29.2 Å². The summed E-state index contributed by atoms with van der Waals surface area (Å²) in [5.74, 6) is -1.33. The lowest BCUT2D eigenvalue weighted by molar-refractivity contribution is -0.0886. The van der Waals surface area contributed by atoms with Crippen molar-refractivity contribution in [3.05, 3.63) is 99.1 Å². The summed E-state index contributed by atoms with van der Waals surface area (Å²) in [5.41, 5.74) is -1.15. The van der Waals surface area contributed by atoms with Gasteiger partial charge in [0.2, 0.25) is 0 Å². The van der Waals surface area contributed by atoms with Crippen molar-refractivity contribution < 1.29 is 24.1 Å². The van der Waals surface area contributed by atoms with E-state index in [1.165, 1.54) is 24.3 Å². The van der Waals surface area contributed by atoms with Crippen LogP contribution in [0, 0.1) is 23.1 Å². The number of aromatic nitrogens is 1. The van der Waals surface area contributed by atoms with Gasteiger partial charge in [0.25, 0.3) is 5.91 Å². The van der Waals surface area contributed by atoms with E-state index >= 15 is 4.39 Å². The number of rotatable bonds is 7. The maximum absolute atomic E-state index is 16.4. The number of amides is 1. The van der Waals surface area contributed by atoms with Gasteiger partial charge in [-0.1, -0.05) is 30.7 Å². The molecule has 2 aromatic carbocycles. The molecule has 208 valence electrons. The van der Waals surface area contributed by atoms with Crippen molar-refractivity contribution in [2.75, 3.05) is 7.11 Å². The van der Waals surface area contributed by atoms with Crippen LogP contribution in [0.2, 0.25) is 5.02 Å². The molecule has 40 heavy (non-hydrogen) atoms. The van der Waals surface area contributed by atoms with Crippen molar-refractivity contribution in [2.24, 2.45) is 5.92 Å². The normalized spacial score (nSPS) is 23.9. The standard InChI is InChI=1S/C31H31ClFN3O4/c1-3-30(39,20-7-12-25(37)13-8-20)22-14-26-28(27(33)15-22)31(40-2,21-5-9-23(32)10-6-21)36(29(26)38)18-24-11-4-19(16-34)17-35-24/h4-6,9-11,14-15,17,20,25,37,39H,3,7-8,12-13,18H2,1-2H3/t20-,25-,30?,31-/m1/s1. The zero-order chi connectivity index (χ0) is 28.7. The first-order chi connectivity index (χ1) is 19.2. The zero-order valence-corrected chi connectivity index (χ0v) is 23.2. The zero-order valence-electron chi connectivity index (χ0n) is 22.4. The first-order valence-corrected chi connectivity index (χ1v) is 13.8. The molecule has 3 aromatic rings. The monoisotopic (exact) mass is 563 g/mol. The van der Waals surface area contributed by atoms with Crippen LogP contribution < -0.4 is 0 Å². The van der Waals surface area contributed by atoms with Crippen LogP contribution in [0.25, 0.3) is 0 Å². The van der Waals surface area contributed by atoms with Gasteiger partial charge in [0.1, 0.15) is 11.9 Å². The number of carbonyl (C=O) groups is 1. The van der Waals surface area contributed by atoms with Crippen LogP contribution in [0.15, 0.2) is 54.7 Å². The number of pyridine rings is 1. The molecular weight excluding hydrogens is 533 g/mol. The van der Waals surface area contributed by atoms with Gasteiger partial charge in [0, 0.05) is 23.9 Å². The number of carbonyl (C=O) groups excluding carboxylic acids is 1. The van der Waals surface area contributed by atoms with Gasteiger partial charge in [-0.15, -0.1) is 0 Å². The number of nitrogens with zero attached hydrogens (tertiary/aromatic N) is 3. The molecule has 5 rings (SSSR count). The Morgan fingerprint density at radius 1 is 1.20 bits per heavy atom. The molecule has 2 aliphatic rings. The van der Waals surface area contributed by atoms with E-state index in [4.69, 9.17) is 21.6 Å². The van der Waals surface area contributed by atoms with Crippen LogP contribution in [0.5, 0.6) is 0 Å². The molecule has 7 nitrogen and oxygen atoms in total.